The zero-order valence-corrected chi connectivity index (χ0v) is 12.8. The van der Waals surface area contributed by atoms with Crippen molar-refractivity contribution in [2.45, 2.75) is 38.8 Å². The molecule has 1 N–H and O–H groups in total. The van der Waals surface area contributed by atoms with E-state index in [-0.39, 0.29) is 5.82 Å². The van der Waals surface area contributed by atoms with Crippen molar-refractivity contribution in [1.82, 2.24) is 10.3 Å². The molecule has 1 aliphatic rings. The number of thiazole rings is 1. The van der Waals surface area contributed by atoms with Gasteiger partial charge >= 0.3 is 0 Å². The minimum Gasteiger partial charge on any atom is -0.309 e. The lowest BCUT2D eigenvalue weighted by molar-refractivity contribution is 0.627. The van der Waals surface area contributed by atoms with Crippen LogP contribution in [0.25, 0.3) is 0 Å². The summed E-state index contributed by atoms with van der Waals surface area (Å²) in [6, 6.07) is 5.23. The van der Waals surface area contributed by atoms with Gasteiger partial charge in [-0.1, -0.05) is 17.7 Å². The van der Waals surface area contributed by atoms with Crippen LogP contribution in [0.5, 0.6) is 0 Å². The van der Waals surface area contributed by atoms with Gasteiger partial charge in [-0.3, -0.25) is 0 Å². The van der Waals surface area contributed by atoms with Crippen LogP contribution < -0.4 is 5.32 Å². The van der Waals surface area contributed by atoms with Gasteiger partial charge in [-0.25, -0.2) is 9.37 Å². The maximum atomic E-state index is 13.0. The standard InChI is InChI=1S/C15H16ClFN2S/c1-9-14(8-18-12-4-5-12)20-15(19-9)6-10-2-3-11(17)7-13(10)16/h2-3,7,12,18H,4-6,8H2,1H3. The third kappa shape index (κ3) is 3.37. The summed E-state index contributed by atoms with van der Waals surface area (Å²) in [6.07, 6.45) is 3.24. The molecule has 3 rings (SSSR count). The number of aromatic nitrogens is 1. The van der Waals surface area contributed by atoms with E-state index < -0.39 is 0 Å². The van der Waals surface area contributed by atoms with E-state index in [1.807, 2.05) is 6.92 Å². The van der Waals surface area contributed by atoms with E-state index in [1.54, 1.807) is 17.4 Å². The summed E-state index contributed by atoms with van der Waals surface area (Å²) >= 11 is 7.77. The average Bonchev–Trinajstić information content (AvgIpc) is 3.15. The molecule has 0 atom stereocenters. The Balaban J connectivity index is 1.71. The Morgan fingerprint density at radius 1 is 1.45 bits per heavy atom. The molecule has 5 heteroatoms. The van der Waals surface area contributed by atoms with Crippen molar-refractivity contribution in [1.29, 1.82) is 0 Å². The first kappa shape index (κ1) is 14.0. The van der Waals surface area contributed by atoms with Crippen molar-refractivity contribution in [3.63, 3.8) is 0 Å². The third-order valence-corrected chi connectivity index (χ3v) is 4.93. The van der Waals surface area contributed by atoms with E-state index in [1.165, 1.54) is 29.9 Å². The van der Waals surface area contributed by atoms with Gasteiger partial charge in [-0.15, -0.1) is 11.3 Å². The van der Waals surface area contributed by atoms with Crippen LogP contribution in [0.4, 0.5) is 4.39 Å². The lowest BCUT2D eigenvalue weighted by Crippen LogP contribution is -2.14. The summed E-state index contributed by atoms with van der Waals surface area (Å²) in [7, 11) is 0. The van der Waals surface area contributed by atoms with Gasteiger partial charge in [0.2, 0.25) is 0 Å². The number of hydrogen-bond donors (Lipinski definition) is 1. The summed E-state index contributed by atoms with van der Waals surface area (Å²) in [6.45, 7) is 2.93. The molecule has 0 amide bonds. The first-order valence-corrected chi connectivity index (χ1v) is 7.94. The summed E-state index contributed by atoms with van der Waals surface area (Å²) in [5.74, 6) is -0.302. The van der Waals surface area contributed by atoms with Crippen molar-refractivity contribution in [3.8, 4) is 0 Å². The highest BCUT2D eigenvalue weighted by Crippen LogP contribution is 2.26. The molecule has 0 radical (unpaired) electrons. The number of halogens is 2. The van der Waals surface area contributed by atoms with Crippen molar-refractivity contribution >= 4 is 22.9 Å². The van der Waals surface area contributed by atoms with E-state index >= 15 is 0 Å². The predicted octanol–water partition coefficient (Wildman–Crippen LogP) is 4.09. The number of nitrogens with zero attached hydrogens (tertiary/aromatic N) is 1. The molecule has 1 aromatic heterocycles. The lowest BCUT2D eigenvalue weighted by atomic mass is 10.1. The molecule has 2 nitrogen and oxygen atoms in total. The van der Waals surface area contributed by atoms with Gasteiger partial charge in [0.05, 0.1) is 10.7 Å². The second-order valence-electron chi connectivity index (χ2n) is 5.18. The molecule has 0 saturated heterocycles. The zero-order chi connectivity index (χ0) is 14.1. The Morgan fingerprint density at radius 3 is 2.95 bits per heavy atom. The Bertz CT molecular complexity index is 622. The fraction of sp³-hybridized carbons (Fsp3) is 0.400. The van der Waals surface area contributed by atoms with Gasteiger partial charge in [0, 0.05) is 28.9 Å². The van der Waals surface area contributed by atoms with E-state index in [2.05, 4.69) is 10.3 Å². The highest BCUT2D eigenvalue weighted by Gasteiger charge is 2.21. The quantitative estimate of drug-likeness (QED) is 0.900. The molecule has 0 bridgehead atoms. The monoisotopic (exact) mass is 310 g/mol. The maximum absolute atomic E-state index is 13.0. The summed E-state index contributed by atoms with van der Waals surface area (Å²) in [5.41, 5.74) is 2.00. The first-order chi connectivity index (χ1) is 9.61. The Morgan fingerprint density at radius 2 is 2.25 bits per heavy atom. The first-order valence-electron chi connectivity index (χ1n) is 6.74. The van der Waals surface area contributed by atoms with Crippen LogP contribution in [0, 0.1) is 12.7 Å². The molecular formula is C15H16ClFN2S. The van der Waals surface area contributed by atoms with E-state index in [0.717, 1.165) is 22.8 Å². The molecule has 0 spiro atoms. The predicted molar refractivity (Wildman–Crippen MR) is 80.9 cm³/mol. The molecule has 0 unspecified atom stereocenters. The van der Waals surface area contributed by atoms with Gasteiger partial charge in [0.15, 0.2) is 0 Å². The highest BCUT2D eigenvalue weighted by molar-refractivity contribution is 7.11. The average molecular weight is 311 g/mol. The van der Waals surface area contributed by atoms with Crippen molar-refractivity contribution in [2.75, 3.05) is 0 Å². The molecular weight excluding hydrogens is 295 g/mol. The van der Waals surface area contributed by atoms with E-state index in [9.17, 15) is 4.39 Å². The maximum Gasteiger partial charge on any atom is 0.124 e. The van der Waals surface area contributed by atoms with Crippen molar-refractivity contribution in [2.24, 2.45) is 0 Å². The number of hydrogen-bond acceptors (Lipinski definition) is 3. The fourth-order valence-corrected chi connectivity index (χ4v) is 3.36. The van der Waals surface area contributed by atoms with Crippen LogP contribution in [0.1, 0.15) is 34.0 Å². The van der Waals surface area contributed by atoms with Crippen LogP contribution >= 0.6 is 22.9 Å². The molecule has 1 aliphatic carbocycles. The number of rotatable bonds is 5. The van der Waals surface area contributed by atoms with Crippen LogP contribution in [0.3, 0.4) is 0 Å². The third-order valence-electron chi connectivity index (χ3n) is 3.42. The van der Waals surface area contributed by atoms with Crippen molar-refractivity contribution < 1.29 is 4.39 Å². The Kier molecular flexibility index (Phi) is 4.06. The minimum absolute atomic E-state index is 0.302. The van der Waals surface area contributed by atoms with Gasteiger partial charge < -0.3 is 5.32 Å². The Hall–Kier alpha value is -0.970. The summed E-state index contributed by atoms with van der Waals surface area (Å²) in [4.78, 5) is 5.88. The van der Waals surface area contributed by atoms with Gasteiger partial charge in [0.1, 0.15) is 5.82 Å². The molecule has 1 fully saturated rings. The minimum atomic E-state index is -0.302. The molecule has 1 aromatic carbocycles. The van der Waals surface area contributed by atoms with E-state index in [4.69, 9.17) is 11.6 Å². The van der Waals surface area contributed by atoms with Crippen molar-refractivity contribution in [3.05, 3.63) is 50.2 Å². The molecule has 106 valence electrons. The molecule has 1 saturated carbocycles. The molecule has 1 heterocycles. The molecule has 2 aromatic rings. The van der Waals surface area contributed by atoms with Crippen LogP contribution in [-0.4, -0.2) is 11.0 Å². The smallest absolute Gasteiger partial charge is 0.124 e. The number of nitrogens with one attached hydrogen (secondary N) is 1. The molecule has 0 aliphatic heterocycles. The highest BCUT2D eigenvalue weighted by atomic mass is 35.5. The second kappa shape index (κ2) is 5.80. The number of benzene rings is 1. The summed E-state index contributed by atoms with van der Waals surface area (Å²) in [5, 5.41) is 5.00. The SMILES string of the molecule is Cc1nc(Cc2ccc(F)cc2Cl)sc1CNC1CC1. The van der Waals surface area contributed by atoms with Gasteiger partial charge in [-0.05, 0) is 37.5 Å². The largest absolute Gasteiger partial charge is 0.309 e. The van der Waals surface area contributed by atoms with Crippen LogP contribution in [0.2, 0.25) is 5.02 Å². The second-order valence-corrected chi connectivity index (χ2v) is 6.76. The zero-order valence-electron chi connectivity index (χ0n) is 11.2. The van der Waals surface area contributed by atoms with Crippen LogP contribution in [0.15, 0.2) is 18.2 Å². The summed E-state index contributed by atoms with van der Waals surface area (Å²) < 4.78 is 13.0. The molecule has 20 heavy (non-hydrogen) atoms. The topological polar surface area (TPSA) is 24.9 Å². The van der Waals surface area contributed by atoms with Gasteiger partial charge in [-0.2, -0.15) is 0 Å². The Labute approximate surface area is 127 Å². The lowest BCUT2D eigenvalue weighted by Gasteiger charge is -2.01. The van der Waals surface area contributed by atoms with E-state index in [0.29, 0.717) is 17.5 Å². The number of aryl methyl sites for hydroxylation is 1. The fourth-order valence-electron chi connectivity index (χ4n) is 2.08. The van der Waals surface area contributed by atoms with Crippen LogP contribution in [-0.2, 0) is 13.0 Å². The normalized spacial score (nSPS) is 14.8. The van der Waals surface area contributed by atoms with Gasteiger partial charge in [0.25, 0.3) is 0 Å².